The molecule has 2 rings (SSSR count). The van der Waals surface area contributed by atoms with E-state index in [0.717, 1.165) is 48.8 Å². The van der Waals surface area contributed by atoms with Crippen molar-refractivity contribution in [2.45, 2.75) is 26.9 Å². The molecule has 0 unspecified atom stereocenters. The van der Waals surface area contributed by atoms with Gasteiger partial charge in [-0.1, -0.05) is 12.1 Å². The Bertz CT molecular complexity index is 621. The smallest absolute Gasteiger partial charge is 0.119 e. The molecule has 4 nitrogen and oxygen atoms in total. The Morgan fingerprint density at radius 3 is 2.20 bits per heavy atom. The van der Waals surface area contributed by atoms with Crippen molar-refractivity contribution >= 4 is 6.21 Å². The molecule has 134 valence electrons. The summed E-state index contributed by atoms with van der Waals surface area (Å²) in [5.41, 5.74) is 2.19. The molecule has 0 saturated heterocycles. The fourth-order valence-electron chi connectivity index (χ4n) is 2.24. The van der Waals surface area contributed by atoms with E-state index in [2.05, 4.69) is 4.99 Å². The van der Waals surface area contributed by atoms with Crippen molar-refractivity contribution in [2.24, 2.45) is 4.99 Å². The minimum absolute atomic E-state index is 0.539. The van der Waals surface area contributed by atoms with Crippen LogP contribution in [0.15, 0.2) is 53.5 Å². The van der Waals surface area contributed by atoms with Crippen LogP contribution in [0, 0.1) is 0 Å². The van der Waals surface area contributed by atoms with Crippen molar-refractivity contribution in [1.29, 1.82) is 0 Å². The molecule has 25 heavy (non-hydrogen) atoms. The second-order valence-corrected chi connectivity index (χ2v) is 5.52. The van der Waals surface area contributed by atoms with Gasteiger partial charge in [-0.05, 0) is 67.8 Å². The van der Waals surface area contributed by atoms with E-state index in [1.54, 1.807) is 0 Å². The van der Waals surface area contributed by atoms with Crippen LogP contribution < -0.4 is 9.47 Å². The number of rotatable bonds is 11. The van der Waals surface area contributed by atoms with Crippen LogP contribution in [0.2, 0.25) is 0 Å². The van der Waals surface area contributed by atoms with E-state index >= 15 is 0 Å². The summed E-state index contributed by atoms with van der Waals surface area (Å²) < 4.78 is 16.5. The molecule has 4 heteroatoms. The van der Waals surface area contributed by atoms with Crippen molar-refractivity contribution in [3.63, 3.8) is 0 Å². The Labute approximate surface area is 150 Å². The molecule has 0 spiro atoms. The van der Waals surface area contributed by atoms with E-state index in [4.69, 9.17) is 14.2 Å². The van der Waals surface area contributed by atoms with Gasteiger partial charge in [0.05, 0.1) is 6.61 Å². The lowest BCUT2D eigenvalue weighted by Gasteiger charge is -2.08. The number of hydrogen-bond donors (Lipinski definition) is 0. The molecular weight excluding hydrogens is 314 g/mol. The predicted molar refractivity (Wildman–Crippen MR) is 102 cm³/mol. The molecule has 0 amide bonds. The van der Waals surface area contributed by atoms with E-state index in [9.17, 15) is 0 Å². The topological polar surface area (TPSA) is 40.0 Å². The monoisotopic (exact) mass is 341 g/mol. The highest BCUT2D eigenvalue weighted by Crippen LogP contribution is 2.16. The van der Waals surface area contributed by atoms with E-state index in [1.807, 2.05) is 68.6 Å². The van der Waals surface area contributed by atoms with Crippen LogP contribution in [0.25, 0.3) is 0 Å². The second-order valence-electron chi connectivity index (χ2n) is 5.52. The molecule has 0 heterocycles. The first-order valence-corrected chi connectivity index (χ1v) is 8.84. The van der Waals surface area contributed by atoms with Crippen LogP contribution in [0.1, 0.15) is 31.4 Å². The fourth-order valence-corrected chi connectivity index (χ4v) is 2.24. The highest BCUT2D eigenvalue weighted by atomic mass is 16.5. The molecule has 0 aliphatic carbocycles. The normalized spacial score (nSPS) is 11.0. The van der Waals surface area contributed by atoms with Crippen LogP contribution in [0.4, 0.5) is 0 Å². The van der Waals surface area contributed by atoms with Crippen LogP contribution in [-0.2, 0) is 11.3 Å². The molecule has 2 aromatic rings. The Balaban J connectivity index is 1.75. The van der Waals surface area contributed by atoms with Crippen molar-refractivity contribution in [1.82, 2.24) is 0 Å². The summed E-state index contributed by atoms with van der Waals surface area (Å²) in [7, 11) is 0. The van der Waals surface area contributed by atoms with E-state index in [-0.39, 0.29) is 0 Å². The standard InChI is InChI=1S/C21H27NO3/c1-3-23-15-5-14-22-16-18-6-10-21(11-7-18)25-17-19-8-12-20(13-9-19)24-4-2/h6-13,16H,3-5,14-15,17H2,1-2H3. The first-order chi connectivity index (χ1) is 12.3. The van der Waals surface area contributed by atoms with Crippen molar-refractivity contribution in [3.8, 4) is 11.5 Å². The average Bonchev–Trinajstić information content (AvgIpc) is 2.65. The maximum atomic E-state index is 5.81. The van der Waals surface area contributed by atoms with Crippen molar-refractivity contribution in [3.05, 3.63) is 59.7 Å². The van der Waals surface area contributed by atoms with Crippen LogP contribution in [-0.4, -0.2) is 32.6 Å². The Morgan fingerprint density at radius 1 is 0.840 bits per heavy atom. The molecule has 0 bridgehead atoms. The van der Waals surface area contributed by atoms with Crippen molar-refractivity contribution < 1.29 is 14.2 Å². The Kier molecular flexibility index (Phi) is 8.56. The SMILES string of the molecule is CCOCCCN=Cc1ccc(OCc2ccc(OCC)cc2)cc1. The minimum Gasteiger partial charge on any atom is -0.494 e. The van der Waals surface area contributed by atoms with Crippen LogP contribution in [0.5, 0.6) is 11.5 Å². The quantitative estimate of drug-likeness (QED) is 0.446. The van der Waals surface area contributed by atoms with Gasteiger partial charge in [0.1, 0.15) is 18.1 Å². The lowest BCUT2D eigenvalue weighted by molar-refractivity contribution is 0.146. The third-order valence-electron chi connectivity index (χ3n) is 3.54. The maximum absolute atomic E-state index is 5.81. The first-order valence-electron chi connectivity index (χ1n) is 8.84. The molecular formula is C21H27NO3. The lowest BCUT2D eigenvalue weighted by atomic mass is 10.2. The van der Waals surface area contributed by atoms with Crippen molar-refractivity contribution in [2.75, 3.05) is 26.4 Å². The largest absolute Gasteiger partial charge is 0.494 e. The lowest BCUT2D eigenvalue weighted by Crippen LogP contribution is -1.97. The molecule has 0 aliphatic heterocycles. The Hall–Kier alpha value is -2.33. The first kappa shape index (κ1) is 19.0. The molecule has 0 aliphatic rings. The van der Waals surface area contributed by atoms with E-state index in [1.165, 1.54) is 0 Å². The Morgan fingerprint density at radius 2 is 1.52 bits per heavy atom. The maximum Gasteiger partial charge on any atom is 0.119 e. The van der Waals surface area contributed by atoms with Crippen LogP contribution in [0.3, 0.4) is 0 Å². The third kappa shape index (κ3) is 7.40. The van der Waals surface area contributed by atoms with Gasteiger partial charge >= 0.3 is 0 Å². The second kappa shape index (κ2) is 11.3. The summed E-state index contributed by atoms with van der Waals surface area (Å²) in [6.07, 6.45) is 2.84. The van der Waals surface area contributed by atoms with Gasteiger partial charge in [0.15, 0.2) is 0 Å². The minimum atomic E-state index is 0.539. The summed E-state index contributed by atoms with van der Waals surface area (Å²) >= 11 is 0. The van der Waals surface area contributed by atoms with Gasteiger partial charge in [-0.3, -0.25) is 4.99 Å². The number of benzene rings is 2. The molecule has 0 aromatic heterocycles. The fraction of sp³-hybridized carbons (Fsp3) is 0.381. The average molecular weight is 341 g/mol. The van der Waals surface area contributed by atoms with E-state index < -0.39 is 0 Å². The van der Waals surface area contributed by atoms with Gasteiger partial charge < -0.3 is 14.2 Å². The number of nitrogens with zero attached hydrogens (tertiary/aromatic N) is 1. The van der Waals surface area contributed by atoms with Gasteiger partial charge in [0.2, 0.25) is 0 Å². The van der Waals surface area contributed by atoms with Gasteiger partial charge in [-0.2, -0.15) is 0 Å². The molecule has 2 aromatic carbocycles. The van der Waals surface area contributed by atoms with Gasteiger partial charge in [0.25, 0.3) is 0 Å². The zero-order chi connectivity index (χ0) is 17.7. The zero-order valence-electron chi connectivity index (χ0n) is 15.1. The molecule has 0 N–H and O–H groups in total. The molecule has 0 fully saturated rings. The van der Waals surface area contributed by atoms with Gasteiger partial charge in [-0.15, -0.1) is 0 Å². The highest BCUT2D eigenvalue weighted by molar-refractivity contribution is 5.79. The number of ether oxygens (including phenoxy) is 3. The van der Waals surface area contributed by atoms with Gasteiger partial charge in [0, 0.05) is 26.0 Å². The number of hydrogen-bond acceptors (Lipinski definition) is 4. The summed E-state index contributed by atoms with van der Waals surface area (Å²) in [4.78, 5) is 4.40. The molecule has 0 atom stereocenters. The van der Waals surface area contributed by atoms with Gasteiger partial charge in [-0.25, -0.2) is 0 Å². The number of aliphatic imine (C=N–C) groups is 1. The summed E-state index contributed by atoms with van der Waals surface area (Å²) in [5.74, 6) is 1.73. The summed E-state index contributed by atoms with van der Waals surface area (Å²) in [5, 5.41) is 0. The zero-order valence-corrected chi connectivity index (χ0v) is 15.1. The molecule has 0 saturated carbocycles. The third-order valence-corrected chi connectivity index (χ3v) is 3.54. The summed E-state index contributed by atoms with van der Waals surface area (Å²) in [6.45, 7) is 7.52. The molecule has 0 radical (unpaired) electrons. The summed E-state index contributed by atoms with van der Waals surface area (Å²) in [6, 6.07) is 15.9. The van der Waals surface area contributed by atoms with E-state index in [0.29, 0.717) is 13.2 Å². The highest BCUT2D eigenvalue weighted by Gasteiger charge is 1.98. The van der Waals surface area contributed by atoms with Crippen LogP contribution >= 0.6 is 0 Å². The predicted octanol–water partition coefficient (Wildman–Crippen LogP) is 4.51.